The van der Waals surface area contributed by atoms with Crippen LogP contribution in [0.25, 0.3) is 0 Å². The van der Waals surface area contributed by atoms with Gasteiger partial charge in [-0.3, -0.25) is 14.6 Å². The lowest BCUT2D eigenvalue weighted by Crippen LogP contribution is -2.52. The first-order valence-corrected chi connectivity index (χ1v) is 9.31. The summed E-state index contributed by atoms with van der Waals surface area (Å²) in [5, 5.41) is 0. The number of morpholine rings is 1. The van der Waals surface area contributed by atoms with Gasteiger partial charge < -0.3 is 9.64 Å². The highest BCUT2D eigenvalue weighted by Gasteiger charge is 2.31. The Kier molecular flexibility index (Phi) is 5.01. The molecule has 1 atom stereocenters. The summed E-state index contributed by atoms with van der Waals surface area (Å²) in [6.45, 7) is 6.91. The molecule has 1 unspecified atom stereocenters. The molecule has 0 aromatic heterocycles. The first-order chi connectivity index (χ1) is 12.2. The van der Waals surface area contributed by atoms with Crippen molar-refractivity contribution in [1.29, 1.82) is 0 Å². The molecular formula is C19H26FN3O2. The van der Waals surface area contributed by atoms with Crippen LogP contribution in [0.2, 0.25) is 0 Å². The fourth-order valence-electron chi connectivity index (χ4n) is 4.26. The Labute approximate surface area is 148 Å². The molecule has 136 valence electrons. The molecule has 0 saturated carbocycles. The third kappa shape index (κ3) is 3.71. The quantitative estimate of drug-likeness (QED) is 0.826. The number of aryl methyl sites for hydroxylation is 1. The van der Waals surface area contributed by atoms with E-state index >= 15 is 0 Å². The number of hydrogen-bond acceptors (Lipinski definition) is 4. The zero-order valence-electron chi connectivity index (χ0n) is 14.6. The van der Waals surface area contributed by atoms with Crippen LogP contribution in [0.3, 0.4) is 0 Å². The molecule has 25 heavy (non-hydrogen) atoms. The molecule has 2 heterocycles. The topological polar surface area (TPSA) is 36.0 Å². The van der Waals surface area contributed by atoms with Crippen molar-refractivity contribution in [2.45, 2.75) is 18.9 Å². The van der Waals surface area contributed by atoms with E-state index in [-0.39, 0.29) is 11.7 Å². The number of benzene rings is 1. The highest BCUT2D eigenvalue weighted by molar-refractivity contribution is 5.78. The van der Waals surface area contributed by atoms with Crippen molar-refractivity contribution < 1.29 is 13.9 Å². The van der Waals surface area contributed by atoms with Crippen LogP contribution in [0.1, 0.15) is 23.6 Å². The number of piperazine rings is 1. The minimum absolute atomic E-state index is 0.148. The molecule has 1 amide bonds. The van der Waals surface area contributed by atoms with Crippen molar-refractivity contribution in [2.75, 3.05) is 59.0 Å². The summed E-state index contributed by atoms with van der Waals surface area (Å²) in [6, 6.07) is 5.49. The third-order valence-electron chi connectivity index (χ3n) is 5.72. The Morgan fingerprint density at radius 3 is 2.64 bits per heavy atom. The first kappa shape index (κ1) is 16.9. The predicted molar refractivity (Wildman–Crippen MR) is 92.9 cm³/mol. The summed E-state index contributed by atoms with van der Waals surface area (Å²) < 4.78 is 18.9. The van der Waals surface area contributed by atoms with E-state index < -0.39 is 0 Å². The molecule has 2 aliphatic heterocycles. The van der Waals surface area contributed by atoms with Crippen LogP contribution in [-0.4, -0.2) is 79.6 Å². The Morgan fingerprint density at radius 2 is 1.88 bits per heavy atom. The van der Waals surface area contributed by atoms with Crippen LogP contribution in [0.5, 0.6) is 0 Å². The van der Waals surface area contributed by atoms with E-state index in [2.05, 4.69) is 9.80 Å². The Hall–Kier alpha value is -1.50. The number of nitrogens with zero attached hydrogens (tertiary/aromatic N) is 3. The minimum Gasteiger partial charge on any atom is -0.379 e. The molecule has 4 rings (SSSR count). The molecule has 1 aliphatic carbocycles. The van der Waals surface area contributed by atoms with Crippen molar-refractivity contribution in [3.63, 3.8) is 0 Å². The van der Waals surface area contributed by atoms with Crippen LogP contribution in [0, 0.1) is 5.82 Å². The standard InChI is InChI=1S/C19H26FN3O2/c20-16-3-1-15-2-4-18(17(15)13-16)22-5-7-23(8-6-22)19(24)14-21-9-11-25-12-10-21/h1,3,13,18H,2,4-12,14H2. The zero-order chi connectivity index (χ0) is 17.2. The molecule has 0 bridgehead atoms. The molecule has 0 spiro atoms. The number of ether oxygens (including phenoxy) is 1. The maximum absolute atomic E-state index is 13.6. The average Bonchev–Trinajstić information content (AvgIpc) is 3.05. The molecule has 3 aliphatic rings. The maximum Gasteiger partial charge on any atom is 0.236 e. The summed E-state index contributed by atoms with van der Waals surface area (Å²) in [5.74, 6) is 0.0735. The molecular weight excluding hydrogens is 321 g/mol. The molecule has 1 aromatic carbocycles. The van der Waals surface area contributed by atoms with E-state index in [1.54, 1.807) is 12.1 Å². The Balaban J connectivity index is 1.32. The lowest BCUT2D eigenvalue weighted by Gasteiger charge is -2.39. The van der Waals surface area contributed by atoms with Gasteiger partial charge in [0.1, 0.15) is 5.82 Å². The molecule has 2 fully saturated rings. The van der Waals surface area contributed by atoms with Crippen LogP contribution in [0.4, 0.5) is 4.39 Å². The van der Waals surface area contributed by atoms with Crippen LogP contribution in [0.15, 0.2) is 18.2 Å². The van der Waals surface area contributed by atoms with Crippen molar-refractivity contribution in [2.24, 2.45) is 0 Å². The number of halogens is 1. The van der Waals surface area contributed by atoms with Gasteiger partial charge in [0.25, 0.3) is 0 Å². The van der Waals surface area contributed by atoms with E-state index in [0.717, 1.165) is 70.9 Å². The van der Waals surface area contributed by atoms with Gasteiger partial charge in [-0.05, 0) is 36.1 Å². The van der Waals surface area contributed by atoms with Gasteiger partial charge in [0.2, 0.25) is 5.91 Å². The average molecular weight is 347 g/mol. The molecule has 5 nitrogen and oxygen atoms in total. The van der Waals surface area contributed by atoms with Gasteiger partial charge in [-0.25, -0.2) is 4.39 Å². The largest absolute Gasteiger partial charge is 0.379 e. The van der Waals surface area contributed by atoms with E-state index in [1.165, 1.54) is 5.56 Å². The normalized spacial score (nSPS) is 25.2. The van der Waals surface area contributed by atoms with Gasteiger partial charge in [-0.15, -0.1) is 0 Å². The molecule has 6 heteroatoms. The molecule has 2 saturated heterocycles. The maximum atomic E-state index is 13.6. The fraction of sp³-hybridized carbons (Fsp3) is 0.632. The molecule has 1 aromatic rings. The minimum atomic E-state index is -0.148. The second-order valence-electron chi connectivity index (χ2n) is 7.20. The Morgan fingerprint density at radius 1 is 1.12 bits per heavy atom. The lowest BCUT2D eigenvalue weighted by molar-refractivity contribution is -0.135. The van der Waals surface area contributed by atoms with Crippen molar-refractivity contribution in [3.05, 3.63) is 35.1 Å². The van der Waals surface area contributed by atoms with Crippen molar-refractivity contribution in [3.8, 4) is 0 Å². The number of carbonyl (C=O) groups excluding carboxylic acids is 1. The van der Waals surface area contributed by atoms with Crippen molar-refractivity contribution >= 4 is 5.91 Å². The van der Waals surface area contributed by atoms with E-state index in [0.29, 0.717) is 12.6 Å². The summed E-state index contributed by atoms with van der Waals surface area (Å²) in [6.07, 6.45) is 2.08. The summed E-state index contributed by atoms with van der Waals surface area (Å²) in [7, 11) is 0. The summed E-state index contributed by atoms with van der Waals surface area (Å²) in [5.41, 5.74) is 2.42. The molecule has 0 N–H and O–H groups in total. The SMILES string of the molecule is O=C(CN1CCOCC1)N1CCN(C2CCc3ccc(F)cc32)CC1. The Bertz CT molecular complexity index is 625. The van der Waals surface area contributed by atoms with Crippen LogP contribution in [-0.2, 0) is 16.0 Å². The van der Waals surface area contributed by atoms with Crippen molar-refractivity contribution in [1.82, 2.24) is 14.7 Å². The second-order valence-corrected chi connectivity index (χ2v) is 7.20. The number of carbonyl (C=O) groups is 1. The number of amides is 1. The van der Waals surface area contributed by atoms with Gasteiger partial charge in [0, 0.05) is 45.3 Å². The highest BCUT2D eigenvalue weighted by atomic mass is 19.1. The summed E-state index contributed by atoms with van der Waals surface area (Å²) >= 11 is 0. The lowest BCUT2D eigenvalue weighted by atomic mass is 10.1. The van der Waals surface area contributed by atoms with E-state index in [1.807, 2.05) is 11.0 Å². The monoisotopic (exact) mass is 347 g/mol. The number of fused-ring (bicyclic) bond motifs is 1. The third-order valence-corrected chi connectivity index (χ3v) is 5.72. The van der Waals surface area contributed by atoms with E-state index in [4.69, 9.17) is 4.74 Å². The molecule has 0 radical (unpaired) electrons. The number of hydrogen-bond donors (Lipinski definition) is 0. The fourth-order valence-corrected chi connectivity index (χ4v) is 4.26. The first-order valence-electron chi connectivity index (χ1n) is 9.31. The van der Waals surface area contributed by atoms with Gasteiger partial charge in [-0.1, -0.05) is 6.07 Å². The van der Waals surface area contributed by atoms with Crippen LogP contribution < -0.4 is 0 Å². The van der Waals surface area contributed by atoms with Gasteiger partial charge in [0.15, 0.2) is 0 Å². The smallest absolute Gasteiger partial charge is 0.236 e. The van der Waals surface area contributed by atoms with E-state index in [9.17, 15) is 9.18 Å². The summed E-state index contributed by atoms with van der Waals surface area (Å²) in [4.78, 5) is 19.1. The highest BCUT2D eigenvalue weighted by Crippen LogP contribution is 2.36. The van der Waals surface area contributed by atoms with Gasteiger partial charge in [-0.2, -0.15) is 0 Å². The number of rotatable bonds is 3. The van der Waals surface area contributed by atoms with Gasteiger partial charge in [0.05, 0.1) is 19.8 Å². The van der Waals surface area contributed by atoms with Crippen LogP contribution >= 0.6 is 0 Å². The van der Waals surface area contributed by atoms with Gasteiger partial charge >= 0.3 is 0 Å². The zero-order valence-corrected chi connectivity index (χ0v) is 14.6. The predicted octanol–water partition coefficient (Wildman–Crippen LogP) is 1.29. The second kappa shape index (κ2) is 7.40.